The van der Waals surface area contributed by atoms with E-state index < -0.39 is 0 Å². The second kappa shape index (κ2) is 6.57. The molecule has 0 aliphatic carbocycles. The number of para-hydroxylation sites is 1. The summed E-state index contributed by atoms with van der Waals surface area (Å²) in [5.41, 5.74) is 5.83. The van der Waals surface area contributed by atoms with Gasteiger partial charge in [-0.05, 0) is 29.8 Å². The van der Waals surface area contributed by atoms with Crippen LogP contribution in [0.1, 0.15) is 5.56 Å². The number of benzene rings is 2. The molecule has 0 spiro atoms. The molecule has 4 rings (SSSR count). The molecule has 0 atom stereocenters. The van der Waals surface area contributed by atoms with E-state index in [9.17, 15) is 0 Å². The summed E-state index contributed by atoms with van der Waals surface area (Å²) >= 11 is 0. The highest BCUT2D eigenvalue weighted by atomic mass is 15.1. The highest BCUT2D eigenvalue weighted by molar-refractivity contribution is 6.10. The van der Waals surface area contributed by atoms with Crippen molar-refractivity contribution in [3.8, 4) is 0 Å². The third-order valence-corrected chi connectivity index (χ3v) is 4.89. The standard InChI is InChI=1S/C24H22N2/c1-4-5-9-15-26-22-13-7-6-12-19(22)21-17-23-20(16-24(21)26)18(2)11-8-10-14-25(23)3/h4-14,16-17H,1-2,15H2,3H3/b9-5-,11-8-,14-10-. The molecule has 0 bridgehead atoms. The molecular weight excluding hydrogens is 316 g/mol. The van der Waals surface area contributed by atoms with Crippen LogP contribution in [0.2, 0.25) is 0 Å². The predicted molar refractivity (Wildman–Crippen MR) is 114 cm³/mol. The zero-order valence-corrected chi connectivity index (χ0v) is 15.0. The van der Waals surface area contributed by atoms with Gasteiger partial charge in [-0.1, -0.05) is 61.7 Å². The fraction of sp³-hybridized carbons (Fsp3) is 0.0833. The van der Waals surface area contributed by atoms with Gasteiger partial charge in [-0.15, -0.1) is 0 Å². The topological polar surface area (TPSA) is 8.17 Å². The van der Waals surface area contributed by atoms with Crippen LogP contribution in [0, 0.1) is 0 Å². The average Bonchev–Trinajstić information content (AvgIpc) is 2.96. The lowest BCUT2D eigenvalue weighted by Crippen LogP contribution is -2.11. The van der Waals surface area contributed by atoms with Gasteiger partial charge < -0.3 is 9.47 Å². The first kappa shape index (κ1) is 16.2. The molecule has 2 aromatic carbocycles. The molecule has 2 heteroatoms. The number of hydrogen-bond donors (Lipinski definition) is 0. The highest BCUT2D eigenvalue weighted by Crippen LogP contribution is 2.37. The van der Waals surface area contributed by atoms with Crippen LogP contribution in [-0.4, -0.2) is 11.6 Å². The Kier molecular flexibility index (Phi) is 4.10. The number of hydrogen-bond acceptors (Lipinski definition) is 1. The number of aromatic nitrogens is 1. The summed E-state index contributed by atoms with van der Waals surface area (Å²) in [4.78, 5) is 2.16. The molecular formula is C24H22N2. The Morgan fingerprint density at radius 3 is 2.73 bits per heavy atom. The molecule has 0 N–H and O–H groups in total. The first-order valence-corrected chi connectivity index (χ1v) is 8.80. The minimum atomic E-state index is 0.812. The van der Waals surface area contributed by atoms with Gasteiger partial charge in [-0.3, -0.25) is 0 Å². The van der Waals surface area contributed by atoms with Crippen molar-refractivity contribution in [2.24, 2.45) is 0 Å². The lowest BCUT2D eigenvalue weighted by Gasteiger charge is -2.21. The summed E-state index contributed by atoms with van der Waals surface area (Å²) in [5, 5.41) is 2.54. The van der Waals surface area contributed by atoms with Crippen molar-refractivity contribution in [1.29, 1.82) is 0 Å². The van der Waals surface area contributed by atoms with E-state index in [4.69, 9.17) is 0 Å². The van der Waals surface area contributed by atoms with Crippen molar-refractivity contribution in [3.63, 3.8) is 0 Å². The van der Waals surface area contributed by atoms with E-state index in [0.29, 0.717) is 0 Å². The maximum absolute atomic E-state index is 4.27. The molecule has 0 fully saturated rings. The zero-order valence-electron chi connectivity index (χ0n) is 15.0. The highest BCUT2D eigenvalue weighted by Gasteiger charge is 2.16. The van der Waals surface area contributed by atoms with E-state index in [-0.39, 0.29) is 0 Å². The van der Waals surface area contributed by atoms with Gasteiger partial charge in [0.05, 0.1) is 5.52 Å². The van der Waals surface area contributed by atoms with E-state index >= 15 is 0 Å². The molecule has 1 aliphatic rings. The Morgan fingerprint density at radius 1 is 1.04 bits per heavy atom. The number of fused-ring (bicyclic) bond motifs is 4. The fourth-order valence-electron chi connectivity index (χ4n) is 3.61. The van der Waals surface area contributed by atoms with E-state index in [2.05, 4.69) is 84.4 Å². The van der Waals surface area contributed by atoms with Gasteiger partial charge in [-0.25, -0.2) is 0 Å². The molecule has 0 radical (unpaired) electrons. The number of anilines is 1. The fourth-order valence-corrected chi connectivity index (χ4v) is 3.61. The number of rotatable bonds is 3. The molecule has 0 amide bonds. The van der Waals surface area contributed by atoms with Crippen LogP contribution in [-0.2, 0) is 6.54 Å². The summed E-state index contributed by atoms with van der Waals surface area (Å²) in [6.07, 6.45) is 14.2. The Labute approximate surface area is 154 Å². The van der Waals surface area contributed by atoms with Crippen molar-refractivity contribution < 1.29 is 0 Å². The minimum absolute atomic E-state index is 0.812. The van der Waals surface area contributed by atoms with Gasteiger partial charge in [0.25, 0.3) is 0 Å². The monoisotopic (exact) mass is 338 g/mol. The third kappa shape index (κ3) is 2.60. The van der Waals surface area contributed by atoms with Gasteiger partial charge in [0, 0.05) is 47.3 Å². The summed E-state index contributed by atoms with van der Waals surface area (Å²) < 4.78 is 2.36. The van der Waals surface area contributed by atoms with Gasteiger partial charge in [0.2, 0.25) is 0 Å². The lowest BCUT2D eigenvalue weighted by atomic mass is 10.00. The maximum atomic E-state index is 4.27. The van der Waals surface area contributed by atoms with Gasteiger partial charge in [0.15, 0.2) is 0 Å². The molecule has 0 unspecified atom stereocenters. The van der Waals surface area contributed by atoms with Crippen LogP contribution in [0.15, 0.2) is 92.2 Å². The molecule has 0 saturated heterocycles. The summed E-state index contributed by atoms with van der Waals surface area (Å²) in [5.74, 6) is 0. The van der Waals surface area contributed by atoms with E-state index in [1.165, 1.54) is 27.5 Å². The van der Waals surface area contributed by atoms with Crippen molar-refractivity contribution in [2.75, 3.05) is 11.9 Å². The number of nitrogens with zero attached hydrogens (tertiary/aromatic N) is 2. The van der Waals surface area contributed by atoms with Crippen molar-refractivity contribution >= 4 is 33.1 Å². The van der Waals surface area contributed by atoms with Gasteiger partial charge in [-0.2, -0.15) is 0 Å². The largest absolute Gasteiger partial charge is 0.351 e. The average molecular weight is 338 g/mol. The van der Waals surface area contributed by atoms with Crippen molar-refractivity contribution in [1.82, 2.24) is 4.57 Å². The van der Waals surface area contributed by atoms with Crippen LogP contribution in [0.25, 0.3) is 27.4 Å². The van der Waals surface area contributed by atoms with Gasteiger partial charge >= 0.3 is 0 Å². The van der Waals surface area contributed by atoms with E-state index in [1.54, 1.807) is 0 Å². The second-order valence-corrected chi connectivity index (χ2v) is 6.51. The first-order chi connectivity index (χ1) is 12.7. The molecule has 0 saturated carbocycles. The zero-order chi connectivity index (χ0) is 18.1. The van der Waals surface area contributed by atoms with E-state index in [0.717, 1.165) is 17.7 Å². The van der Waals surface area contributed by atoms with Crippen LogP contribution in [0.3, 0.4) is 0 Å². The minimum Gasteiger partial charge on any atom is -0.351 e. The molecule has 2 heterocycles. The summed E-state index contributed by atoms with van der Waals surface area (Å²) in [6.45, 7) is 8.86. The predicted octanol–water partition coefficient (Wildman–Crippen LogP) is 6.07. The van der Waals surface area contributed by atoms with Crippen LogP contribution in [0.5, 0.6) is 0 Å². The smallest absolute Gasteiger partial charge is 0.0502 e. The Bertz CT molecular complexity index is 1110. The van der Waals surface area contributed by atoms with E-state index in [1.807, 2.05) is 24.3 Å². The van der Waals surface area contributed by atoms with Crippen LogP contribution < -0.4 is 4.90 Å². The molecule has 128 valence electrons. The van der Waals surface area contributed by atoms with Crippen molar-refractivity contribution in [3.05, 3.63) is 97.8 Å². The Hall–Kier alpha value is -3.26. The second-order valence-electron chi connectivity index (χ2n) is 6.51. The van der Waals surface area contributed by atoms with Gasteiger partial charge in [0.1, 0.15) is 0 Å². The maximum Gasteiger partial charge on any atom is 0.0502 e. The lowest BCUT2D eigenvalue weighted by molar-refractivity contribution is 0.899. The molecule has 26 heavy (non-hydrogen) atoms. The summed E-state index contributed by atoms with van der Waals surface area (Å²) in [6, 6.07) is 13.2. The Balaban J connectivity index is 2.06. The first-order valence-electron chi connectivity index (χ1n) is 8.80. The SMILES string of the molecule is C=C/C=C\Cn1c2ccccc2c2cc3c(cc21)C(=C)/C=C\C=C/N3C. The Morgan fingerprint density at radius 2 is 1.88 bits per heavy atom. The molecule has 1 aliphatic heterocycles. The van der Waals surface area contributed by atoms with Crippen LogP contribution >= 0.6 is 0 Å². The quantitative estimate of drug-likeness (QED) is 0.526. The molecule has 2 nitrogen and oxygen atoms in total. The van der Waals surface area contributed by atoms with Crippen LogP contribution in [0.4, 0.5) is 5.69 Å². The molecule has 3 aromatic rings. The molecule has 1 aromatic heterocycles. The summed E-state index contributed by atoms with van der Waals surface area (Å²) in [7, 11) is 2.08. The van der Waals surface area contributed by atoms with Crippen molar-refractivity contribution in [2.45, 2.75) is 6.54 Å². The third-order valence-electron chi connectivity index (χ3n) is 4.89. The number of allylic oxidation sites excluding steroid dienone is 7. The normalized spacial score (nSPS) is 16.7.